The minimum atomic E-state index is -0.221. The van der Waals surface area contributed by atoms with Crippen molar-refractivity contribution in [2.24, 2.45) is 0 Å². The van der Waals surface area contributed by atoms with Gasteiger partial charge >= 0.3 is 0 Å². The van der Waals surface area contributed by atoms with E-state index in [1.54, 1.807) is 12.1 Å². The largest absolute Gasteiger partial charge is 0.377 e. The average molecular weight is 318 g/mol. The van der Waals surface area contributed by atoms with Gasteiger partial charge in [-0.1, -0.05) is 22.9 Å². The van der Waals surface area contributed by atoms with E-state index >= 15 is 0 Å². The molecule has 0 aliphatic rings. The van der Waals surface area contributed by atoms with Crippen molar-refractivity contribution < 1.29 is 9.13 Å². The molecule has 0 bridgehead atoms. The number of ether oxygens (including phenoxy) is 1. The fourth-order valence-corrected chi connectivity index (χ4v) is 2.17. The molecular weight excluding hydrogens is 297 g/mol. The molecule has 0 radical (unpaired) electrons. The van der Waals surface area contributed by atoms with E-state index in [0.717, 1.165) is 23.0 Å². The van der Waals surface area contributed by atoms with Gasteiger partial charge in [0, 0.05) is 4.47 Å². The first kappa shape index (κ1) is 15.6. The molecule has 4 heteroatoms. The summed E-state index contributed by atoms with van der Waals surface area (Å²) in [5.41, 5.74) is 0.907. The van der Waals surface area contributed by atoms with Gasteiger partial charge in [-0.15, -0.1) is 0 Å². The van der Waals surface area contributed by atoms with Gasteiger partial charge < -0.3 is 10.1 Å². The molecule has 1 aromatic rings. The van der Waals surface area contributed by atoms with E-state index < -0.39 is 0 Å². The second kappa shape index (κ2) is 7.87. The van der Waals surface area contributed by atoms with Gasteiger partial charge in [-0.05, 0) is 50.6 Å². The van der Waals surface area contributed by atoms with Crippen molar-refractivity contribution in [1.29, 1.82) is 0 Å². The minimum Gasteiger partial charge on any atom is -0.377 e. The van der Waals surface area contributed by atoms with Gasteiger partial charge in [-0.2, -0.15) is 0 Å². The predicted molar refractivity (Wildman–Crippen MR) is 76.2 cm³/mol. The number of hydrogen-bond acceptors (Lipinski definition) is 2. The molecule has 18 heavy (non-hydrogen) atoms. The molecule has 0 saturated carbocycles. The lowest BCUT2D eigenvalue weighted by Crippen LogP contribution is -2.28. The molecule has 1 rings (SSSR count). The zero-order valence-corrected chi connectivity index (χ0v) is 12.8. The summed E-state index contributed by atoms with van der Waals surface area (Å²) in [5.74, 6) is -0.221. The molecule has 0 fully saturated rings. The summed E-state index contributed by atoms with van der Waals surface area (Å²) < 4.78 is 19.9. The van der Waals surface area contributed by atoms with Crippen molar-refractivity contribution in [2.75, 3.05) is 13.2 Å². The summed E-state index contributed by atoms with van der Waals surface area (Å²) in [6.45, 7) is 7.53. The first-order valence-electron chi connectivity index (χ1n) is 6.34. The maximum Gasteiger partial charge on any atom is 0.123 e. The summed E-state index contributed by atoms with van der Waals surface area (Å²) in [6, 6.07) is 4.76. The third-order valence-electron chi connectivity index (χ3n) is 2.57. The third kappa shape index (κ3) is 5.04. The van der Waals surface area contributed by atoms with E-state index in [0.29, 0.717) is 6.61 Å². The van der Waals surface area contributed by atoms with Crippen LogP contribution in [-0.4, -0.2) is 19.3 Å². The topological polar surface area (TPSA) is 21.3 Å². The summed E-state index contributed by atoms with van der Waals surface area (Å²) in [5, 5.41) is 3.39. The van der Waals surface area contributed by atoms with Crippen LogP contribution in [0.1, 0.15) is 38.8 Å². The Hall–Kier alpha value is -0.450. The van der Waals surface area contributed by atoms with E-state index in [2.05, 4.69) is 28.2 Å². The summed E-state index contributed by atoms with van der Waals surface area (Å²) in [6.07, 6.45) is 1.20. The molecule has 2 nitrogen and oxygen atoms in total. The van der Waals surface area contributed by atoms with Crippen LogP contribution >= 0.6 is 15.9 Å². The van der Waals surface area contributed by atoms with Crippen molar-refractivity contribution in [3.05, 3.63) is 34.1 Å². The molecular formula is C14H21BrFNO. The number of hydrogen-bond donors (Lipinski definition) is 1. The lowest BCUT2D eigenvalue weighted by Gasteiger charge is -2.21. The lowest BCUT2D eigenvalue weighted by atomic mass is 10.1. The Morgan fingerprint density at radius 3 is 2.72 bits per heavy atom. The molecule has 0 heterocycles. The predicted octanol–water partition coefficient (Wildman–Crippen LogP) is 4.05. The van der Waals surface area contributed by atoms with Gasteiger partial charge in [0.2, 0.25) is 0 Å². The van der Waals surface area contributed by atoms with Crippen molar-refractivity contribution in [3.8, 4) is 0 Å². The second-order valence-corrected chi connectivity index (χ2v) is 5.41. The maximum atomic E-state index is 13.3. The molecule has 102 valence electrons. The van der Waals surface area contributed by atoms with Crippen LogP contribution in [0.5, 0.6) is 0 Å². The first-order chi connectivity index (χ1) is 8.54. The highest BCUT2D eigenvalue weighted by Gasteiger charge is 2.15. The lowest BCUT2D eigenvalue weighted by molar-refractivity contribution is 0.0609. The zero-order valence-electron chi connectivity index (χ0n) is 11.2. The van der Waals surface area contributed by atoms with Crippen LogP contribution in [0.2, 0.25) is 0 Å². The first-order valence-corrected chi connectivity index (χ1v) is 7.13. The summed E-state index contributed by atoms with van der Waals surface area (Å²) in [7, 11) is 0. The summed E-state index contributed by atoms with van der Waals surface area (Å²) >= 11 is 3.47. The average Bonchev–Trinajstić information content (AvgIpc) is 2.32. The minimum absolute atomic E-state index is 0.0115. The van der Waals surface area contributed by atoms with Crippen LogP contribution in [0.25, 0.3) is 0 Å². The van der Waals surface area contributed by atoms with E-state index in [9.17, 15) is 4.39 Å². The van der Waals surface area contributed by atoms with Gasteiger partial charge in [0.1, 0.15) is 5.82 Å². The van der Waals surface area contributed by atoms with Crippen molar-refractivity contribution >= 4 is 15.9 Å². The molecule has 0 aliphatic carbocycles. The Kier molecular flexibility index (Phi) is 6.82. The molecule has 1 atom stereocenters. The van der Waals surface area contributed by atoms with E-state index in [1.807, 2.05) is 13.8 Å². The Balaban J connectivity index is 2.82. The summed E-state index contributed by atoms with van der Waals surface area (Å²) in [4.78, 5) is 0. The number of halogens is 2. The van der Waals surface area contributed by atoms with Crippen LogP contribution in [0, 0.1) is 5.82 Å². The third-order valence-corrected chi connectivity index (χ3v) is 3.29. The number of nitrogens with one attached hydrogen (secondary N) is 1. The highest BCUT2D eigenvalue weighted by atomic mass is 79.9. The molecule has 1 aromatic carbocycles. The van der Waals surface area contributed by atoms with Gasteiger partial charge in [0.05, 0.1) is 18.8 Å². The highest BCUT2D eigenvalue weighted by molar-refractivity contribution is 9.10. The molecule has 0 spiro atoms. The van der Waals surface area contributed by atoms with Crippen molar-refractivity contribution in [1.82, 2.24) is 5.32 Å². The van der Waals surface area contributed by atoms with E-state index in [4.69, 9.17) is 4.74 Å². The van der Waals surface area contributed by atoms with Crippen LogP contribution in [-0.2, 0) is 4.74 Å². The highest BCUT2D eigenvalue weighted by Crippen LogP contribution is 2.25. The van der Waals surface area contributed by atoms with Crippen LogP contribution in [0.4, 0.5) is 4.39 Å². The fraction of sp³-hybridized carbons (Fsp3) is 0.571. The molecule has 0 aliphatic heterocycles. The Labute approximate surface area is 117 Å². The van der Waals surface area contributed by atoms with E-state index in [1.165, 1.54) is 6.07 Å². The monoisotopic (exact) mass is 317 g/mol. The maximum absolute atomic E-state index is 13.3. The molecule has 0 amide bonds. The van der Waals surface area contributed by atoms with Crippen LogP contribution < -0.4 is 5.32 Å². The molecule has 1 N–H and O–H groups in total. The number of benzene rings is 1. The molecule has 0 saturated heterocycles. The van der Waals surface area contributed by atoms with Gasteiger partial charge in [-0.3, -0.25) is 0 Å². The standard InChI is InChI=1S/C14H21BrFNO/c1-4-7-17-14(9-18-10(2)3)12-8-11(16)5-6-13(12)15/h5-6,8,10,14,17H,4,7,9H2,1-3H3. The van der Waals surface area contributed by atoms with Crippen LogP contribution in [0.3, 0.4) is 0 Å². The van der Waals surface area contributed by atoms with Gasteiger partial charge in [0.25, 0.3) is 0 Å². The SMILES string of the molecule is CCCNC(COC(C)C)c1cc(F)ccc1Br. The number of rotatable bonds is 7. The quantitative estimate of drug-likeness (QED) is 0.819. The van der Waals surface area contributed by atoms with Crippen molar-refractivity contribution in [2.45, 2.75) is 39.3 Å². The van der Waals surface area contributed by atoms with Crippen molar-refractivity contribution in [3.63, 3.8) is 0 Å². The fourth-order valence-electron chi connectivity index (χ4n) is 1.65. The van der Waals surface area contributed by atoms with E-state index in [-0.39, 0.29) is 18.0 Å². The molecule has 1 unspecified atom stereocenters. The van der Waals surface area contributed by atoms with Gasteiger partial charge in [0.15, 0.2) is 0 Å². The Morgan fingerprint density at radius 2 is 2.11 bits per heavy atom. The zero-order chi connectivity index (χ0) is 13.5. The Bertz CT molecular complexity index is 371. The smallest absolute Gasteiger partial charge is 0.123 e. The van der Waals surface area contributed by atoms with Gasteiger partial charge in [-0.25, -0.2) is 4.39 Å². The molecule has 0 aromatic heterocycles. The second-order valence-electron chi connectivity index (χ2n) is 4.55. The van der Waals surface area contributed by atoms with Crippen LogP contribution in [0.15, 0.2) is 22.7 Å². The normalized spacial score (nSPS) is 13.0. The Morgan fingerprint density at radius 1 is 1.39 bits per heavy atom.